The highest BCUT2D eigenvalue weighted by molar-refractivity contribution is 4.77. The minimum absolute atomic E-state index is 0.702. The van der Waals surface area contributed by atoms with Crippen LogP contribution in [0, 0.1) is 5.92 Å². The average Bonchev–Trinajstić information content (AvgIpc) is 2.45. The minimum atomic E-state index is 0.702. The van der Waals surface area contributed by atoms with Crippen molar-refractivity contribution < 1.29 is 0 Å². The number of hydrogen-bond acceptors (Lipinski definition) is 1. The monoisotopic (exact) mass is 211 g/mol. The van der Waals surface area contributed by atoms with E-state index in [1.54, 1.807) is 0 Å². The Balaban J connectivity index is 2.27. The second kappa shape index (κ2) is 7.27. The first-order valence-electron chi connectivity index (χ1n) is 7.00. The van der Waals surface area contributed by atoms with Crippen molar-refractivity contribution in [2.24, 2.45) is 5.92 Å². The molecule has 0 aromatic rings. The summed E-state index contributed by atoms with van der Waals surface area (Å²) in [5.74, 6) is 0.937. The van der Waals surface area contributed by atoms with E-state index in [-0.39, 0.29) is 0 Å². The van der Waals surface area contributed by atoms with Crippen LogP contribution in [0.3, 0.4) is 0 Å². The van der Waals surface area contributed by atoms with E-state index in [0.717, 1.165) is 12.0 Å². The van der Waals surface area contributed by atoms with E-state index in [2.05, 4.69) is 26.1 Å². The Morgan fingerprint density at radius 1 is 1.07 bits per heavy atom. The lowest BCUT2D eigenvalue weighted by molar-refractivity contribution is 0.308. The van der Waals surface area contributed by atoms with Gasteiger partial charge in [0, 0.05) is 12.1 Å². The van der Waals surface area contributed by atoms with Crippen molar-refractivity contribution in [3.63, 3.8) is 0 Å². The molecule has 1 rings (SSSR count). The molecule has 2 atom stereocenters. The summed E-state index contributed by atoms with van der Waals surface area (Å²) < 4.78 is 0. The fourth-order valence-electron chi connectivity index (χ4n) is 2.91. The third-order valence-electron chi connectivity index (χ3n) is 3.88. The van der Waals surface area contributed by atoms with Crippen LogP contribution in [0.2, 0.25) is 0 Å². The largest absolute Gasteiger partial charge is 0.312 e. The normalized spacial score (nSPS) is 23.4. The molecule has 1 unspecified atom stereocenters. The van der Waals surface area contributed by atoms with Crippen LogP contribution in [0.15, 0.2) is 0 Å². The molecule has 0 saturated heterocycles. The van der Waals surface area contributed by atoms with E-state index >= 15 is 0 Å². The Bertz CT molecular complexity index is 147. The Hall–Kier alpha value is -0.0400. The van der Waals surface area contributed by atoms with Crippen molar-refractivity contribution in [2.75, 3.05) is 0 Å². The third-order valence-corrected chi connectivity index (χ3v) is 3.88. The van der Waals surface area contributed by atoms with Gasteiger partial charge in [-0.1, -0.05) is 39.0 Å². The molecule has 0 radical (unpaired) electrons. The van der Waals surface area contributed by atoms with Crippen LogP contribution >= 0.6 is 0 Å². The number of hydrogen-bond donors (Lipinski definition) is 1. The maximum absolute atomic E-state index is 3.78. The summed E-state index contributed by atoms with van der Waals surface area (Å²) in [5.41, 5.74) is 0. The molecule has 0 heterocycles. The summed E-state index contributed by atoms with van der Waals surface area (Å²) >= 11 is 0. The van der Waals surface area contributed by atoms with Crippen LogP contribution in [0.4, 0.5) is 0 Å². The zero-order chi connectivity index (χ0) is 11.1. The van der Waals surface area contributed by atoms with Gasteiger partial charge in [-0.3, -0.25) is 0 Å². The Morgan fingerprint density at radius 2 is 1.67 bits per heavy atom. The highest BCUT2D eigenvalue weighted by Gasteiger charge is 2.19. The first-order valence-corrected chi connectivity index (χ1v) is 7.00. The SMILES string of the molecule is CCCC(C)N[C@@H](C)C1CCCCCC1. The molecular formula is C14H29N. The van der Waals surface area contributed by atoms with Crippen LogP contribution in [0.25, 0.3) is 0 Å². The zero-order valence-electron chi connectivity index (χ0n) is 10.9. The van der Waals surface area contributed by atoms with Crippen LogP contribution in [0.1, 0.15) is 72.1 Å². The molecule has 1 N–H and O–H groups in total. The molecule has 1 saturated carbocycles. The van der Waals surface area contributed by atoms with Crippen LogP contribution in [-0.4, -0.2) is 12.1 Å². The van der Waals surface area contributed by atoms with Gasteiger partial charge in [0.1, 0.15) is 0 Å². The van der Waals surface area contributed by atoms with Gasteiger partial charge >= 0.3 is 0 Å². The van der Waals surface area contributed by atoms with Gasteiger partial charge < -0.3 is 5.32 Å². The lowest BCUT2D eigenvalue weighted by Crippen LogP contribution is -2.39. The van der Waals surface area contributed by atoms with Gasteiger partial charge in [-0.25, -0.2) is 0 Å². The molecule has 0 aliphatic heterocycles. The Morgan fingerprint density at radius 3 is 2.20 bits per heavy atom. The average molecular weight is 211 g/mol. The second-order valence-electron chi connectivity index (χ2n) is 5.40. The standard InChI is InChI=1S/C14H29N/c1-4-9-12(2)15-13(3)14-10-7-5-6-8-11-14/h12-15H,4-11H2,1-3H3/t12?,13-/m0/s1. The van der Waals surface area contributed by atoms with E-state index < -0.39 is 0 Å². The van der Waals surface area contributed by atoms with Gasteiger partial charge in [-0.15, -0.1) is 0 Å². The second-order valence-corrected chi connectivity index (χ2v) is 5.40. The molecular weight excluding hydrogens is 182 g/mol. The lowest BCUT2D eigenvalue weighted by Gasteiger charge is -2.27. The molecule has 1 heteroatoms. The lowest BCUT2D eigenvalue weighted by atomic mass is 9.92. The molecule has 1 aliphatic carbocycles. The van der Waals surface area contributed by atoms with Crippen molar-refractivity contribution in [1.82, 2.24) is 5.32 Å². The van der Waals surface area contributed by atoms with Crippen LogP contribution in [0.5, 0.6) is 0 Å². The summed E-state index contributed by atoms with van der Waals surface area (Å²) in [5, 5.41) is 3.78. The predicted octanol–water partition coefficient (Wildman–Crippen LogP) is 4.12. The minimum Gasteiger partial charge on any atom is -0.312 e. The molecule has 1 aliphatic rings. The van der Waals surface area contributed by atoms with E-state index in [9.17, 15) is 0 Å². The molecule has 0 bridgehead atoms. The highest BCUT2D eigenvalue weighted by atomic mass is 14.9. The summed E-state index contributed by atoms with van der Waals surface area (Å²) in [7, 11) is 0. The van der Waals surface area contributed by atoms with Gasteiger partial charge in [0.05, 0.1) is 0 Å². The van der Waals surface area contributed by atoms with Gasteiger partial charge in [-0.05, 0) is 39.0 Å². The van der Waals surface area contributed by atoms with Crippen molar-refractivity contribution >= 4 is 0 Å². The Kier molecular flexibility index (Phi) is 6.31. The van der Waals surface area contributed by atoms with Crippen molar-refractivity contribution in [3.8, 4) is 0 Å². The molecule has 15 heavy (non-hydrogen) atoms. The molecule has 90 valence electrons. The van der Waals surface area contributed by atoms with Gasteiger partial charge in [-0.2, -0.15) is 0 Å². The molecule has 1 nitrogen and oxygen atoms in total. The van der Waals surface area contributed by atoms with E-state index in [4.69, 9.17) is 0 Å². The first kappa shape index (κ1) is 13.0. The van der Waals surface area contributed by atoms with E-state index in [1.165, 1.54) is 51.4 Å². The summed E-state index contributed by atoms with van der Waals surface area (Å²) in [6.07, 6.45) is 11.4. The van der Waals surface area contributed by atoms with Crippen LogP contribution in [-0.2, 0) is 0 Å². The van der Waals surface area contributed by atoms with E-state index in [0.29, 0.717) is 6.04 Å². The quantitative estimate of drug-likeness (QED) is 0.674. The smallest absolute Gasteiger partial charge is 0.00694 e. The fourth-order valence-corrected chi connectivity index (χ4v) is 2.91. The highest BCUT2D eigenvalue weighted by Crippen LogP contribution is 2.25. The number of nitrogens with one attached hydrogen (secondary N) is 1. The predicted molar refractivity (Wildman–Crippen MR) is 68.2 cm³/mol. The van der Waals surface area contributed by atoms with Crippen LogP contribution < -0.4 is 5.32 Å². The zero-order valence-corrected chi connectivity index (χ0v) is 10.9. The fraction of sp³-hybridized carbons (Fsp3) is 1.00. The van der Waals surface area contributed by atoms with Crippen molar-refractivity contribution in [1.29, 1.82) is 0 Å². The summed E-state index contributed by atoms with van der Waals surface area (Å²) in [6, 6.07) is 1.43. The first-order chi connectivity index (χ1) is 7.24. The van der Waals surface area contributed by atoms with Crippen molar-refractivity contribution in [3.05, 3.63) is 0 Å². The van der Waals surface area contributed by atoms with Gasteiger partial charge in [0.2, 0.25) is 0 Å². The topological polar surface area (TPSA) is 12.0 Å². The van der Waals surface area contributed by atoms with Gasteiger partial charge in [0.15, 0.2) is 0 Å². The summed E-state index contributed by atoms with van der Waals surface area (Å²) in [4.78, 5) is 0. The maximum atomic E-state index is 3.78. The third kappa shape index (κ3) is 5.01. The Labute approximate surface area is 96.0 Å². The molecule has 0 amide bonds. The molecule has 0 aromatic carbocycles. The molecule has 0 aromatic heterocycles. The molecule has 1 fully saturated rings. The maximum Gasteiger partial charge on any atom is 0.00694 e. The van der Waals surface area contributed by atoms with Crippen molar-refractivity contribution in [2.45, 2.75) is 84.2 Å². The molecule has 0 spiro atoms. The van der Waals surface area contributed by atoms with E-state index in [1.807, 2.05) is 0 Å². The van der Waals surface area contributed by atoms with Gasteiger partial charge in [0.25, 0.3) is 0 Å². The number of rotatable bonds is 5. The summed E-state index contributed by atoms with van der Waals surface area (Å²) in [6.45, 7) is 6.99.